The Hall–Kier alpha value is -1.64. The molecule has 2 rings (SSSR count). The molecule has 1 aromatic carbocycles. The van der Waals surface area contributed by atoms with Crippen LogP contribution in [0.5, 0.6) is 0 Å². The Kier molecular flexibility index (Phi) is 5.61. The summed E-state index contributed by atoms with van der Waals surface area (Å²) in [5.74, 6) is -1.45. The van der Waals surface area contributed by atoms with E-state index in [1.165, 1.54) is 12.1 Å². The number of carboxylic acids is 1. The topological polar surface area (TPSA) is 107 Å². The molecule has 1 aromatic rings. The quantitative estimate of drug-likeness (QED) is 0.689. The van der Waals surface area contributed by atoms with E-state index in [1.807, 2.05) is 0 Å². The summed E-state index contributed by atoms with van der Waals surface area (Å²) in [7, 11) is -3.85. The molecule has 0 spiro atoms. The first-order valence-electron chi connectivity index (χ1n) is 7.09. The van der Waals surface area contributed by atoms with Gasteiger partial charge in [0, 0.05) is 36.6 Å². The third kappa shape index (κ3) is 4.43. The summed E-state index contributed by atoms with van der Waals surface area (Å²) in [6, 6.07) is 3.38. The maximum Gasteiger partial charge on any atom is 0.240 e. The second kappa shape index (κ2) is 7.29. The minimum absolute atomic E-state index is 0.0866. The van der Waals surface area contributed by atoms with Crippen LogP contribution in [0.1, 0.15) is 29.6 Å². The molecule has 0 unspecified atom stereocenters. The van der Waals surface area contributed by atoms with Gasteiger partial charge in [0.1, 0.15) is 0 Å². The van der Waals surface area contributed by atoms with Gasteiger partial charge >= 0.3 is 0 Å². The van der Waals surface area contributed by atoms with Crippen LogP contribution in [0.3, 0.4) is 0 Å². The molecule has 0 aromatic heterocycles. The lowest BCUT2D eigenvalue weighted by Crippen LogP contribution is -2.31. The summed E-state index contributed by atoms with van der Waals surface area (Å²) < 4.78 is 26.6. The van der Waals surface area contributed by atoms with Crippen molar-refractivity contribution in [3.63, 3.8) is 0 Å². The molecule has 1 N–H and O–H groups in total. The van der Waals surface area contributed by atoms with Crippen LogP contribution in [0.15, 0.2) is 23.1 Å². The maximum atomic E-state index is 12.1. The van der Waals surface area contributed by atoms with Crippen LogP contribution in [-0.4, -0.2) is 44.8 Å². The molecule has 1 amide bonds. The number of carbonyl (C=O) groups is 2. The van der Waals surface area contributed by atoms with Gasteiger partial charge in [0.25, 0.3) is 0 Å². The summed E-state index contributed by atoms with van der Waals surface area (Å²) >= 11 is 5.68. The van der Waals surface area contributed by atoms with E-state index in [-0.39, 0.29) is 27.9 Å². The number of aromatic carboxylic acids is 1. The van der Waals surface area contributed by atoms with Crippen LogP contribution in [0.2, 0.25) is 5.02 Å². The van der Waals surface area contributed by atoms with Crippen LogP contribution < -0.4 is 9.83 Å². The number of carboxylic acid groups (broad SMARTS) is 1. The number of halogens is 1. The first kappa shape index (κ1) is 17.7. The highest BCUT2D eigenvalue weighted by molar-refractivity contribution is 7.89. The van der Waals surface area contributed by atoms with Gasteiger partial charge in [-0.3, -0.25) is 4.79 Å². The fourth-order valence-corrected chi connectivity index (χ4v) is 3.62. The van der Waals surface area contributed by atoms with Gasteiger partial charge in [0.15, 0.2) is 0 Å². The number of hydrogen-bond acceptors (Lipinski definition) is 5. The molecule has 1 fully saturated rings. The Labute approximate surface area is 139 Å². The molecular weight excluding hydrogens is 344 g/mol. The van der Waals surface area contributed by atoms with Crippen molar-refractivity contribution in [1.82, 2.24) is 9.62 Å². The van der Waals surface area contributed by atoms with Crippen molar-refractivity contribution in [1.29, 1.82) is 0 Å². The number of carbonyl (C=O) groups excluding carboxylic acids is 2. The Bertz CT molecular complexity index is 720. The Morgan fingerprint density at radius 1 is 1.39 bits per heavy atom. The van der Waals surface area contributed by atoms with E-state index < -0.39 is 16.0 Å². The third-order valence-corrected chi connectivity index (χ3v) is 5.32. The molecule has 9 heteroatoms. The van der Waals surface area contributed by atoms with E-state index in [0.717, 1.165) is 12.5 Å². The van der Waals surface area contributed by atoms with E-state index in [4.69, 9.17) is 11.6 Å². The summed E-state index contributed by atoms with van der Waals surface area (Å²) in [4.78, 5) is 23.8. The van der Waals surface area contributed by atoms with Gasteiger partial charge in [-0.2, -0.15) is 0 Å². The predicted octanol–water partition coefficient (Wildman–Crippen LogP) is -0.00570. The standard InChI is InChI=1S/C14H17ClN2O5S/c15-12-5-4-10(9-11(12)14(19)20)23(21,22)16-6-2-8-17-7-1-3-13(17)18/h4-5,9,16H,1-3,6-8H2,(H,19,20)/p-1. The highest BCUT2D eigenvalue weighted by Crippen LogP contribution is 2.20. The molecule has 23 heavy (non-hydrogen) atoms. The number of nitrogens with one attached hydrogen (secondary N) is 1. The van der Waals surface area contributed by atoms with Gasteiger partial charge < -0.3 is 14.8 Å². The summed E-state index contributed by atoms with van der Waals surface area (Å²) in [5, 5.41) is 10.8. The fraction of sp³-hybridized carbons (Fsp3) is 0.429. The zero-order valence-electron chi connectivity index (χ0n) is 12.2. The molecule has 1 aliphatic rings. The monoisotopic (exact) mass is 359 g/mol. The Morgan fingerprint density at radius 3 is 2.74 bits per heavy atom. The smallest absolute Gasteiger partial charge is 0.240 e. The number of likely N-dealkylation sites (tertiary alicyclic amines) is 1. The molecule has 1 saturated heterocycles. The molecule has 0 atom stereocenters. The van der Waals surface area contributed by atoms with E-state index in [1.54, 1.807) is 4.90 Å². The minimum atomic E-state index is -3.85. The Morgan fingerprint density at radius 2 is 2.13 bits per heavy atom. The molecule has 0 radical (unpaired) electrons. The van der Waals surface area contributed by atoms with Crippen molar-refractivity contribution in [2.75, 3.05) is 19.6 Å². The molecule has 1 heterocycles. The largest absolute Gasteiger partial charge is 0.545 e. The zero-order valence-corrected chi connectivity index (χ0v) is 13.8. The lowest BCUT2D eigenvalue weighted by molar-refractivity contribution is -0.255. The molecule has 7 nitrogen and oxygen atoms in total. The lowest BCUT2D eigenvalue weighted by atomic mass is 10.2. The first-order chi connectivity index (χ1) is 10.8. The summed E-state index contributed by atoms with van der Waals surface area (Å²) in [6.45, 7) is 1.35. The van der Waals surface area contributed by atoms with Gasteiger partial charge in [0.05, 0.1) is 10.9 Å². The van der Waals surface area contributed by atoms with Crippen LogP contribution in [0.25, 0.3) is 0 Å². The second-order valence-corrected chi connectivity index (χ2v) is 7.34. The summed E-state index contributed by atoms with van der Waals surface area (Å²) in [5.41, 5.74) is -0.378. The number of nitrogens with zero attached hydrogens (tertiary/aromatic N) is 1. The normalized spacial score (nSPS) is 15.2. The molecule has 0 bridgehead atoms. The molecule has 126 valence electrons. The Balaban J connectivity index is 1.95. The van der Waals surface area contributed by atoms with Crippen LogP contribution in [-0.2, 0) is 14.8 Å². The van der Waals surface area contributed by atoms with Crippen molar-refractivity contribution < 1.29 is 23.1 Å². The van der Waals surface area contributed by atoms with Crippen LogP contribution in [0, 0.1) is 0 Å². The highest BCUT2D eigenvalue weighted by Gasteiger charge is 2.20. The number of rotatable bonds is 7. The molecule has 1 aliphatic heterocycles. The lowest BCUT2D eigenvalue weighted by Gasteiger charge is -2.15. The van der Waals surface area contributed by atoms with Crippen molar-refractivity contribution in [3.05, 3.63) is 28.8 Å². The van der Waals surface area contributed by atoms with E-state index >= 15 is 0 Å². The predicted molar refractivity (Wildman–Crippen MR) is 81.4 cm³/mol. The van der Waals surface area contributed by atoms with Gasteiger partial charge in [-0.1, -0.05) is 11.6 Å². The van der Waals surface area contributed by atoms with Gasteiger partial charge in [0.2, 0.25) is 15.9 Å². The van der Waals surface area contributed by atoms with Crippen LogP contribution >= 0.6 is 11.6 Å². The number of benzene rings is 1. The first-order valence-corrected chi connectivity index (χ1v) is 8.96. The average molecular weight is 360 g/mol. The second-order valence-electron chi connectivity index (χ2n) is 5.16. The number of hydrogen-bond donors (Lipinski definition) is 1. The summed E-state index contributed by atoms with van der Waals surface area (Å²) in [6.07, 6.45) is 1.86. The maximum absolute atomic E-state index is 12.1. The van der Waals surface area contributed by atoms with E-state index in [9.17, 15) is 23.1 Å². The SMILES string of the molecule is O=C([O-])c1cc(S(=O)(=O)NCCCN2CCCC2=O)ccc1Cl. The van der Waals surface area contributed by atoms with Crippen molar-refractivity contribution in [3.8, 4) is 0 Å². The van der Waals surface area contributed by atoms with Crippen molar-refractivity contribution >= 4 is 33.5 Å². The minimum Gasteiger partial charge on any atom is -0.545 e. The fourth-order valence-electron chi connectivity index (χ4n) is 2.33. The van der Waals surface area contributed by atoms with E-state index in [0.29, 0.717) is 25.9 Å². The van der Waals surface area contributed by atoms with E-state index in [2.05, 4.69) is 4.72 Å². The molecule has 0 aliphatic carbocycles. The van der Waals surface area contributed by atoms with Crippen molar-refractivity contribution in [2.45, 2.75) is 24.2 Å². The van der Waals surface area contributed by atoms with Crippen LogP contribution in [0.4, 0.5) is 0 Å². The van der Waals surface area contributed by atoms with Crippen molar-refractivity contribution in [2.24, 2.45) is 0 Å². The number of amides is 1. The zero-order chi connectivity index (χ0) is 17.0. The molecule has 0 saturated carbocycles. The van der Waals surface area contributed by atoms with Gasteiger partial charge in [-0.15, -0.1) is 0 Å². The highest BCUT2D eigenvalue weighted by atomic mass is 35.5. The number of sulfonamides is 1. The molecular formula is C14H16ClN2O5S-. The average Bonchev–Trinajstić information content (AvgIpc) is 2.89. The van der Waals surface area contributed by atoms with Gasteiger partial charge in [-0.25, -0.2) is 13.1 Å². The third-order valence-electron chi connectivity index (χ3n) is 3.54. The van der Waals surface area contributed by atoms with Gasteiger partial charge in [-0.05, 0) is 31.0 Å².